The summed E-state index contributed by atoms with van der Waals surface area (Å²) in [6.07, 6.45) is -0.392. The average Bonchev–Trinajstić information content (AvgIpc) is 2.56. The van der Waals surface area contributed by atoms with Gasteiger partial charge in [-0.1, -0.05) is 23.2 Å². The van der Waals surface area contributed by atoms with Crippen LogP contribution in [0.25, 0.3) is 0 Å². The third kappa shape index (κ3) is 5.77. The van der Waals surface area contributed by atoms with Crippen molar-refractivity contribution < 1.29 is 19.5 Å². The predicted octanol–water partition coefficient (Wildman–Crippen LogP) is 4.05. The topological polar surface area (TPSA) is 95.5 Å². The van der Waals surface area contributed by atoms with Crippen molar-refractivity contribution in [2.45, 2.75) is 12.8 Å². The predicted molar refractivity (Wildman–Crippen MR) is 96.4 cm³/mol. The summed E-state index contributed by atoms with van der Waals surface area (Å²) in [4.78, 5) is 34.2. The zero-order chi connectivity index (χ0) is 18.4. The maximum atomic E-state index is 12.2. The number of benzene rings is 2. The lowest BCUT2D eigenvalue weighted by molar-refractivity contribution is -0.138. The Bertz CT molecular complexity index is 807. The van der Waals surface area contributed by atoms with Gasteiger partial charge in [-0.25, -0.2) is 0 Å². The van der Waals surface area contributed by atoms with E-state index in [4.69, 9.17) is 28.3 Å². The summed E-state index contributed by atoms with van der Waals surface area (Å²) in [6, 6.07) is 11.0. The molecule has 6 nitrogen and oxygen atoms in total. The molecule has 130 valence electrons. The van der Waals surface area contributed by atoms with Crippen LogP contribution in [-0.4, -0.2) is 22.9 Å². The van der Waals surface area contributed by atoms with Crippen LogP contribution in [0.15, 0.2) is 42.5 Å². The summed E-state index contributed by atoms with van der Waals surface area (Å²) >= 11 is 11.9. The molecule has 0 aliphatic rings. The smallest absolute Gasteiger partial charge is 0.303 e. The quantitative estimate of drug-likeness (QED) is 0.704. The van der Waals surface area contributed by atoms with E-state index in [0.29, 0.717) is 22.0 Å². The highest BCUT2D eigenvalue weighted by atomic mass is 35.5. The molecule has 0 spiro atoms. The summed E-state index contributed by atoms with van der Waals surface area (Å²) in [5.74, 6) is -1.83. The minimum atomic E-state index is -1.05. The molecule has 2 amide bonds. The molecular formula is C17H14Cl2N2O4. The Hall–Kier alpha value is -2.57. The van der Waals surface area contributed by atoms with Gasteiger partial charge in [-0.2, -0.15) is 0 Å². The number of hydrogen-bond donors (Lipinski definition) is 3. The van der Waals surface area contributed by atoms with E-state index in [9.17, 15) is 14.4 Å². The Balaban J connectivity index is 2.01. The monoisotopic (exact) mass is 380 g/mol. The molecular weight excluding hydrogens is 367 g/mol. The molecule has 0 atom stereocenters. The van der Waals surface area contributed by atoms with Crippen LogP contribution in [0.3, 0.4) is 0 Å². The Kier molecular flexibility index (Phi) is 6.38. The van der Waals surface area contributed by atoms with Gasteiger partial charge in [0.15, 0.2) is 0 Å². The number of nitrogens with one attached hydrogen (secondary N) is 2. The van der Waals surface area contributed by atoms with E-state index in [1.165, 1.54) is 6.07 Å². The van der Waals surface area contributed by atoms with E-state index in [1.807, 2.05) is 0 Å². The number of aliphatic carboxylic acids is 1. The maximum absolute atomic E-state index is 12.2. The molecule has 0 heterocycles. The molecule has 0 fully saturated rings. The van der Waals surface area contributed by atoms with Crippen LogP contribution in [0.2, 0.25) is 10.0 Å². The van der Waals surface area contributed by atoms with Crippen molar-refractivity contribution in [1.29, 1.82) is 0 Å². The minimum absolute atomic E-state index is 0.137. The number of halogens is 2. The van der Waals surface area contributed by atoms with Crippen LogP contribution in [0.4, 0.5) is 11.4 Å². The van der Waals surface area contributed by atoms with Gasteiger partial charge in [0.05, 0.1) is 17.1 Å². The highest BCUT2D eigenvalue weighted by Crippen LogP contribution is 2.26. The number of carboxylic acid groups (broad SMARTS) is 1. The van der Waals surface area contributed by atoms with E-state index in [1.54, 1.807) is 36.4 Å². The van der Waals surface area contributed by atoms with E-state index >= 15 is 0 Å². The normalized spacial score (nSPS) is 10.2. The summed E-state index contributed by atoms with van der Waals surface area (Å²) in [5.41, 5.74) is 1.21. The van der Waals surface area contributed by atoms with Crippen LogP contribution < -0.4 is 10.6 Å². The van der Waals surface area contributed by atoms with Gasteiger partial charge in [0.25, 0.3) is 5.91 Å². The van der Waals surface area contributed by atoms with E-state index in [0.717, 1.165) is 0 Å². The minimum Gasteiger partial charge on any atom is -0.481 e. The third-order valence-corrected chi connectivity index (χ3v) is 3.74. The largest absolute Gasteiger partial charge is 0.481 e. The van der Waals surface area contributed by atoms with Crippen LogP contribution in [0, 0.1) is 0 Å². The number of carbonyl (C=O) groups is 3. The standard InChI is InChI=1S/C17H14Cl2N2O4/c18-11-3-1-10(2-4-11)17(25)21-14-6-5-12(9-13(14)19)20-15(22)7-8-16(23)24/h1-6,9H,7-8H2,(H,20,22)(H,21,25)(H,23,24). The fraction of sp³-hybridized carbons (Fsp3) is 0.118. The van der Waals surface area contributed by atoms with Crippen molar-refractivity contribution in [3.63, 3.8) is 0 Å². The fourth-order valence-corrected chi connectivity index (χ4v) is 2.29. The van der Waals surface area contributed by atoms with Crippen LogP contribution in [-0.2, 0) is 9.59 Å². The van der Waals surface area contributed by atoms with Gasteiger partial charge in [0.1, 0.15) is 0 Å². The lowest BCUT2D eigenvalue weighted by atomic mass is 10.2. The molecule has 0 aliphatic heterocycles. The summed E-state index contributed by atoms with van der Waals surface area (Å²) in [6.45, 7) is 0. The second-order valence-corrected chi connectivity index (χ2v) is 5.94. The second-order valence-electron chi connectivity index (χ2n) is 5.10. The number of carbonyl (C=O) groups excluding carboxylic acids is 2. The highest BCUT2D eigenvalue weighted by molar-refractivity contribution is 6.34. The molecule has 0 saturated heterocycles. The molecule has 0 unspecified atom stereocenters. The van der Waals surface area contributed by atoms with E-state index in [-0.39, 0.29) is 23.8 Å². The molecule has 0 bridgehead atoms. The van der Waals surface area contributed by atoms with Gasteiger partial charge < -0.3 is 15.7 Å². The van der Waals surface area contributed by atoms with E-state index in [2.05, 4.69) is 10.6 Å². The average molecular weight is 381 g/mol. The van der Waals surface area contributed by atoms with Gasteiger partial charge in [0, 0.05) is 22.7 Å². The lowest BCUT2D eigenvalue weighted by Crippen LogP contribution is -2.14. The first kappa shape index (κ1) is 18.8. The van der Waals surface area contributed by atoms with Gasteiger partial charge >= 0.3 is 5.97 Å². The zero-order valence-electron chi connectivity index (χ0n) is 12.9. The Morgan fingerprint density at radius 2 is 1.60 bits per heavy atom. The first-order valence-corrected chi connectivity index (χ1v) is 7.99. The highest BCUT2D eigenvalue weighted by Gasteiger charge is 2.11. The van der Waals surface area contributed by atoms with Crippen molar-refractivity contribution in [3.05, 3.63) is 58.1 Å². The number of rotatable bonds is 6. The summed E-state index contributed by atoms with van der Waals surface area (Å²) in [5, 5.41) is 14.5. The molecule has 0 aromatic heterocycles. The van der Waals surface area contributed by atoms with Gasteiger partial charge in [-0.3, -0.25) is 14.4 Å². The molecule has 2 aromatic carbocycles. The van der Waals surface area contributed by atoms with Gasteiger partial charge in [-0.05, 0) is 42.5 Å². The Morgan fingerprint density at radius 3 is 2.20 bits per heavy atom. The lowest BCUT2D eigenvalue weighted by Gasteiger charge is -2.10. The van der Waals surface area contributed by atoms with Crippen LogP contribution in [0.1, 0.15) is 23.2 Å². The van der Waals surface area contributed by atoms with Crippen molar-refractivity contribution in [2.24, 2.45) is 0 Å². The van der Waals surface area contributed by atoms with E-state index < -0.39 is 11.9 Å². The zero-order valence-corrected chi connectivity index (χ0v) is 14.4. The van der Waals surface area contributed by atoms with Gasteiger partial charge in [-0.15, -0.1) is 0 Å². The van der Waals surface area contributed by atoms with Crippen molar-refractivity contribution in [3.8, 4) is 0 Å². The molecule has 0 saturated carbocycles. The molecule has 2 aromatic rings. The number of amides is 2. The van der Waals surface area contributed by atoms with Crippen molar-refractivity contribution in [1.82, 2.24) is 0 Å². The third-order valence-electron chi connectivity index (χ3n) is 3.17. The second kappa shape index (κ2) is 8.50. The van der Waals surface area contributed by atoms with Crippen molar-refractivity contribution >= 4 is 52.4 Å². The molecule has 25 heavy (non-hydrogen) atoms. The number of carboxylic acids is 1. The Labute approximate surface area is 153 Å². The molecule has 3 N–H and O–H groups in total. The molecule has 2 rings (SSSR count). The molecule has 8 heteroatoms. The number of hydrogen-bond acceptors (Lipinski definition) is 3. The van der Waals surface area contributed by atoms with Crippen molar-refractivity contribution in [2.75, 3.05) is 10.6 Å². The summed E-state index contributed by atoms with van der Waals surface area (Å²) < 4.78 is 0. The SMILES string of the molecule is O=C(O)CCC(=O)Nc1ccc(NC(=O)c2ccc(Cl)cc2)c(Cl)c1. The van der Waals surface area contributed by atoms with Crippen LogP contribution >= 0.6 is 23.2 Å². The first-order chi connectivity index (χ1) is 11.8. The molecule has 0 aliphatic carbocycles. The Morgan fingerprint density at radius 1 is 0.920 bits per heavy atom. The summed E-state index contributed by atoms with van der Waals surface area (Å²) in [7, 11) is 0. The fourth-order valence-electron chi connectivity index (χ4n) is 1.93. The maximum Gasteiger partial charge on any atom is 0.303 e. The van der Waals surface area contributed by atoms with Crippen LogP contribution in [0.5, 0.6) is 0 Å². The molecule has 0 radical (unpaired) electrons. The van der Waals surface area contributed by atoms with Gasteiger partial charge in [0.2, 0.25) is 5.91 Å². The first-order valence-electron chi connectivity index (χ1n) is 7.23. The number of anilines is 2.